The van der Waals surface area contributed by atoms with Crippen LogP contribution in [0.2, 0.25) is 0 Å². The molecule has 0 saturated carbocycles. The van der Waals surface area contributed by atoms with E-state index >= 15 is 0 Å². The van der Waals surface area contributed by atoms with Gasteiger partial charge >= 0.3 is 12.1 Å². The van der Waals surface area contributed by atoms with E-state index in [2.05, 4.69) is 5.32 Å². The van der Waals surface area contributed by atoms with Gasteiger partial charge < -0.3 is 10.4 Å². The highest BCUT2D eigenvalue weighted by atomic mass is 32.2. The maximum atomic E-state index is 12.5. The second-order valence-electron chi connectivity index (χ2n) is 5.04. The summed E-state index contributed by atoms with van der Waals surface area (Å²) in [6.45, 7) is 2.05. The lowest BCUT2D eigenvalue weighted by atomic mass is 9.99. The molecule has 0 aliphatic carbocycles. The van der Waals surface area contributed by atoms with Crippen molar-refractivity contribution < 1.29 is 27.9 Å². The quantitative estimate of drug-likeness (QED) is 0.709. The third kappa shape index (κ3) is 7.40. The smallest absolute Gasteiger partial charge is 0.416 e. The van der Waals surface area contributed by atoms with E-state index in [4.69, 9.17) is 5.11 Å². The fraction of sp³-hybridized carbons (Fsp3) is 0.467. The molecule has 0 saturated heterocycles. The number of halogens is 3. The van der Waals surface area contributed by atoms with E-state index < -0.39 is 17.7 Å². The monoisotopic (exact) mass is 349 g/mol. The highest BCUT2D eigenvalue weighted by molar-refractivity contribution is 7.99. The summed E-state index contributed by atoms with van der Waals surface area (Å²) in [6, 6.07) is 4.75. The zero-order chi connectivity index (χ0) is 17.5. The van der Waals surface area contributed by atoms with Gasteiger partial charge in [0.05, 0.1) is 11.3 Å². The highest BCUT2D eigenvalue weighted by Crippen LogP contribution is 2.29. The predicted octanol–water partition coefficient (Wildman–Crippen LogP) is 2.82. The second kappa shape index (κ2) is 8.81. The van der Waals surface area contributed by atoms with Gasteiger partial charge in [0.15, 0.2) is 0 Å². The summed E-state index contributed by atoms with van der Waals surface area (Å²) >= 11 is 1.20. The summed E-state index contributed by atoms with van der Waals surface area (Å²) in [7, 11) is 0. The largest absolute Gasteiger partial charge is 0.481 e. The summed E-state index contributed by atoms with van der Waals surface area (Å²) in [6.07, 6.45) is -4.03. The van der Waals surface area contributed by atoms with Crippen molar-refractivity contribution in [2.75, 3.05) is 18.1 Å². The molecule has 1 aromatic rings. The zero-order valence-corrected chi connectivity index (χ0v) is 13.3. The summed E-state index contributed by atoms with van der Waals surface area (Å²) in [5.74, 6) is -1.02. The van der Waals surface area contributed by atoms with E-state index in [0.717, 1.165) is 12.1 Å². The fourth-order valence-electron chi connectivity index (χ4n) is 1.86. The van der Waals surface area contributed by atoms with Crippen molar-refractivity contribution in [3.63, 3.8) is 0 Å². The SMILES string of the molecule is CC(Cc1ccc(C(F)(F)F)cc1)C(=O)NCCSCC(=O)O. The van der Waals surface area contributed by atoms with Gasteiger partial charge in [-0.2, -0.15) is 13.2 Å². The summed E-state index contributed by atoms with van der Waals surface area (Å²) in [5.41, 5.74) is -0.0605. The van der Waals surface area contributed by atoms with Crippen LogP contribution >= 0.6 is 11.8 Å². The van der Waals surface area contributed by atoms with E-state index in [1.54, 1.807) is 6.92 Å². The van der Waals surface area contributed by atoms with Gasteiger partial charge in [-0.15, -0.1) is 11.8 Å². The Balaban J connectivity index is 2.38. The number of carboxylic acid groups (broad SMARTS) is 1. The number of benzene rings is 1. The third-order valence-corrected chi connectivity index (χ3v) is 3.99. The molecule has 8 heteroatoms. The lowest BCUT2D eigenvalue weighted by molar-refractivity contribution is -0.137. The van der Waals surface area contributed by atoms with E-state index in [1.165, 1.54) is 23.9 Å². The molecular weight excluding hydrogens is 331 g/mol. The number of rotatable bonds is 8. The van der Waals surface area contributed by atoms with Gasteiger partial charge in [0.25, 0.3) is 0 Å². The number of carboxylic acids is 1. The zero-order valence-electron chi connectivity index (χ0n) is 12.5. The number of carbonyl (C=O) groups is 2. The maximum absolute atomic E-state index is 12.5. The summed E-state index contributed by atoms with van der Waals surface area (Å²) in [5, 5.41) is 11.1. The molecule has 1 aromatic carbocycles. The molecule has 1 atom stereocenters. The van der Waals surface area contributed by atoms with Crippen molar-refractivity contribution in [1.82, 2.24) is 5.32 Å². The van der Waals surface area contributed by atoms with Gasteiger partial charge in [-0.3, -0.25) is 9.59 Å². The van der Waals surface area contributed by atoms with Crippen molar-refractivity contribution in [2.24, 2.45) is 5.92 Å². The number of hydrogen-bond donors (Lipinski definition) is 2. The Hall–Kier alpha value is -1.70. The third-order valence-electron chi connectivity index (χ3n) is 3.04. The molecule has 1 unspecified atom stereocenters. The molecule has 0 aliphatic heterocycles. The van der Waals surface area contributed by atoms with Crippen LogP contribution in [0.5, 0.6) is 0 Å². The van der Waals surface area contributed by atoms with Gasteiger partial charge in [-0.25, -0.2) is 0 Å². The molecule has 0 radical (unpaired) electrons. The standard InChI is InChI=1S/C15H18F3NO3S/c1-10(14(22)19-6-7-23-9-13(20)21)8-11-2-4-12(5-3-11)15(16,17)18/h2-5,10H,6-9H2,1H3,(H,19,22)(H,20,21). The summed E-state index contributed by atoms with van der Waals surface area (Å²) < 4.78 is 37.4. The summed E-state index contributed by atoms with van der Waals surface area (Å²) in [4.78, 5) is 22.2. The average molecular weight is 349 g/mol. The molecule has 1 amide bonds. The Morgan fingerprint density at radius 1 is 1.26 bits per heavy atom. The van der Waals surface area contributed by atoms with E-state index in [0.29, 0.717) is 24.3 Å². The Bertz CT molecular complexity index is 532. The maximum Gasteiger partial charge on any atom is 0.416 e. The minimum atomic E-state index is -4.37. The number of thioether (sulfide) groups is 1. The normalized spacial score (nSPS) is 12.7. The van der Waals surface area contributed by atoms with Crippen LogP contribution in [0.25, 0.3) is 0 Å². The molecule has 0 aromatic heterocycles. The van der Waals surface area contributed by atoms with Gasteiger partial charge in [0.1, 0.15) is 0 Å². The molecule has 2 N–H and O–H groups in total. The Morgan fingerprint density at radius 2 is 1.87 bits per heavy atom. The first-order valence-corrected chi connectivity index (χ1v) is 8.09. The van der Waals surface area contributed by atoms with Crippen LogP contribution in [0.4, 0.5) is 13.2 Å². The average Bonchev–Trinajstić information content (AvgIpc) is 2.46. The molecule has 0 bridgehead atoms. The Morgan fingerprint density at radius 3 is 2.39 bits per heavy atom. The van der Waals surface area contributed by atoms with Crippen molar-refractivity contribution in [3.8, 4) is 0 Å². The number of nitrogens with one attached hydrogen (secondary N) is 1. The van der Waals surface area contributed by atoms with Crippen LogP contribution in [0.1, 0.15) is 18.1 Å². The van der Waals surface area contributed by atoms with Gasteiger partial charge in [0, 0.05) is 18.2 Å². The van der Waals surface area contributed by atoms with Gasteiger partial charge in [0.2, 0.25) is 5.91 Å². The van der Waals surface area contributed by atoms with Crippen LogP contribution in [-0.4, -0.2) is 35.0 Å². The first-order chi connectivity index (χ1) is 10.7. The molecule has 4 nitrogen and oxygen atoms in total. The molecular formula is C15H18F3NO3S. The fourth-order valence-corrected chi connectivity index (χ4v) is 2.42. The lowest BCUT2D eigenvalue weighted by Crippen LogP contribution is -2.32. The van der Waals surface area contributed by atoms with Crippen molar-refractivity contribution in [1.29, 1.82) is 0 Å². The number of carbonyl (C=O) groups excluding carboxylic acids is 1. The number of alkyl halides is 3. The van der Waals surface area contributed by atoms with Gasteiger partial charge in [-0.05, 0) is 24.1 Å². The van der Waals surface area contributed by atoms with Crippen LogP contribution in [0.3, 0.4) is 0 Å². The van der Waals surface area contributed by atoms with Crippen molar-refractivity contribution in [2.45, 2.75) is 19.5 Å². The predicted molar refractivity (Wildman–Crippen MR) is 82.3 cm³/mol. The van der Waals surface area contributed by atoms with E-state index in [-0.39, 0.29) is 17.6 Å². The molecule has 0 heterocycles. The molecule has 23 heavy (non-hydrogen) atoms. The number of hydrogen-bond acceptors (Lipinski definition) is 3. The van der Waals surface area contributed by atoms with Crippen molar-refractivity contribution >= 4 is 23.6 Å². The van der Waals surface area contributed by atoms with Crippen LogP contribution in [0, 0.1) is 5.92 Å². The van der Waals surface area contributed by atoms with Gasteiger partial charge in [-0.1, -0.05) is 19.1 Å². The number of amides is 1. The second-order valence-corrected chi connectivity index (χ2v) is 6.14. The molecule has 0 aliphatic rings. The molecule has 1 rings (SSSR count). The first kappa shape index (κ1) is 19.3. The van der Waals surface area contributed by atoms with E-state index in [9.17, 15) is 22.8 Å². The lowest BCUT2D eigenvalue weighted by Gasteiger charge is -2.13. The minimum absolute atomic E-state index is 0.0169. The van der Waals surface area contributed by atoms with E-state index in [1.807, 2.05) is 0 Å². The molecule has 0 fully saturated rings. The molecule has 128 valence electrons. The first-order valence-electron chi connectivity index (χ1n) is 6.93. The van der Waals surface area contributed by atoms with Crippen LogP contribution in [-0.2, 0) is 22.2 Å². The van der Waals surface area contributed by atoms with Crippen LogP contribution < -0.4 is 5.32 Å². The van der Waals surface area contributed by atoms with Crippen molar-refractivity contribution in [3.05, 3.63) is 35.4 Å². The Labute approximate surface area is 136 Å². The Kier molecular flexibility index (Phi) is 7.41. The topological polar surface area (TPSA) is 66.4 Å². The number of aliphatic carboxylic acids is 1. The van der Waals surface area contributed by atoms with Crippen LogP contribution in [0.15, 0.2) is 24.3 Å². The molecule has 0 spiro atoms. The minimum Gasteiger partial charge on any atom is -0.481 e. The highest BCUT2D eigenvalue weighted by Gasteiger charge is 2.30.